The van der Waals surface area contributed by atoms with E-state index in [0.29, 0.717) is 53.9 Å². The predicted molar refractivity (Wildman–Crippen MR) is 159 cm³/mol. The Morgan fingerprint density at radius 2 is 1.78 bits per heavy atom. The van der Waals surface area contributed by atoms with Crippen LogP contribution in [0.3, 0.4) is 0 Å². The van der Waals surface area contributed by atoms with Crippen LogP contribution in [0.4, 0.5) is 5.69 Å². The Bertz CT molecular complexity index is 1600. The normalized spacial score (nSPS) is 14.4. The smallest absolute Gasteiger partial charge is 0.262 e. The van der Waals surface area contributed by atoms with Crippen LogP contribution in [-0.4, -0.2) is 65.8 Å². The Morgan fingerprint density at radius 1 is 0.976 bits per heavy atom. The van der Waals surface area contributed by atoms with Gasteiger partial charge in [-0.3, -0.25) is 14.2 Å². The zero-order chi connectivity index (χ0) is 28.2. The fourth-order valence-corrected chi connectivity index (χ4v) is 5.98. The van der Waals surface area contributed by atoms with Crippen LogP contribution in [0.25, 0.3) is 10.9 Å². The number of fused-ring (bicyclic) bond motifs is 2. The zero-order valence-corrected chi connectivity index (χ0v) is 23.8. The first-order chi connectivity index (χ1) is 20.1. The Labute approximate surface area is 242 Å². The van der Waals surface area contributed by atoms with Gasteiger partial charge in [-0.2, -0.15) is 0 Å². The van der Waals surface area contributed by atoms with E-state index < -0.39 is 0 Å². The molecule has 0 spiro atoms. The molecule has 10 heteroatoms. The van der Waals surface area contributed by atoms with E-state index in [9.17, 15) is 9.59 Å². The highest BCUT2D eigenvalue weighted by molar-refractivity contribution is 7.99. The Morgan fingerprint density at radius 3 is 2.59 bits per heavy atom. The second-order valence-corrected chi connectivity index (χ2v) is 10.9. The third-order valence-corrected chi connectivity index (χ3v) is 8.29. The maximum absolute atomic E-state index is 14.0. The number of ether oxygens (including phenoxy) is 3. The first kappa shape index (κ1) is 27.2. The molecule has 0 N–H and O–H groups in total. The Balaban J connectivity index is 1.31. The van der Waals surface area contributed by atoms with E-state index in [0.717, 1.165) is 29.9 Å². The molecule has 0 radical (unpaired) electrons. The molecular formula is C31H32N4O5S. The lowest BCUT2D eigenvalue weighted by molar-refractivity contribution is -0.128. The largest absolute Gasteiger partial charge is 0.454 e. The third kappa shape index (κ3) is 6.03. The van der Waals surface area contributed by atoms with Gasteiger partial charge in [0.1, 0.15) is 0 Å². The number of hydrogen-bond acceptors (Lipinski definition) is 8. The first-order valence-electron chi connectivity index (χ1n) is 13.8. The van der Waals surface area contributed by atoms with Crippen molar-refractivity contribution in [1.29, 1.82) is 0 Å². The molecule has 3 heterocycles. The van der Waals surface area contributed by atoms with Crippen molar-refractivity contribution >= 4 is 34.3 Å². The molecule has 3 aromatic carbocycles. The maximum Gasteiger partial charge on any atom is 0.262 e. The maximum atomic E-state index is 14.0. The summed E-state index contributed by atoms with van der Waals surface area (Å²) in [5.41, 5.74) is 3.40. The van der Waals surface area contributed by atoms with Crippen LogP contribution < -0.4 is 19.9 Å². The van der Waals surface area contributed by atoms with Gasteiger partial charge < -0.3 is 24.0 Å². The topological polar surface area (TPSA) is 86.1 Å². The number of carbonyl (C=O) groups excluding carboxylic acids is 1. The van der Waals surface area contributed by atoms with Crippen LogP contribution in [0.1, 0.15) is 18.1 Å². The van der Waals surface area contributed by atoms with Crippen LogP contribution in [0, 0.1) is 0 Å². The van der Waals surface area contributed by atoms with Crippen molar-refractivity contribution in [3.63, 3.8) is 0 Å². The number of nitrogens with zero attached hydrogens (tertiary/aromatic N) is 4. The van der Waals surface area contributed by atoms with E-state index in [4.69, 9.17) is 19.2 Å². The molecular weight excluding hydrogens is 540 g/mol. The summed E-state index contributed by atoms with van der Waals surface area (Å²) in [5, 5.41) is 1.05. The fraction of sp³-hybridized carbons (Fsp3) is 0.323. The van der Waals surface area contributed by atoms with Gasteiger partial charge in [-0.25, -0.2) is 4.98 Å². The van der Waals surface area contributed by atoms with E-state index in [1.807, 2.05) is 78.6 Å². The predicted octanol–water partition coefficient (Wildman–Crippen LogP) is 4.15. The molecule has 1 fully saturated rings. The molecule has 6 rings (SSSR count). The first-order valence-corrected chi connectivity index (χ1v) is 14.8. The molecule has 1 saturated heterocycles. The van der Waals surface area contributed by atoms with Crippen LogP contribution >= 0.6 is 11.8 Å². The minimum atomic E-state index is -0.144. The van der Waals surface area contributed by atoms with Crippen molar-refractivity contribution in [2.75, 3.05) is 50.3 Å². The number of carbonyl (C=O) groups is 1. The molecule has 2 aliphatic heterocycles. The van der Waals surface area contributed by atoms with Gasteiger partial charge in [-0.15, -0.1) is 0 Å². The molecule has 0 atom stereocenters. The summed E-state index contributed by atoms with van der Waals surface area (Å²) in [6.45, 7) is 6.44. The van der Waals surface area contributed by atoms with Gasteiger partial charge in [-0.1, -0.05) is 48.2 Å². The minimum Gasteiger partial charge on any atom is -0.454 e. The van der Waals surface area contributed by atoms with Crippen LogP contribution in [-0.2, 0) is 22.6 Å². The highest BCUT2D eigenvalue weighted by Crippen LogP contribution is 2.33. The molecule has 1 aromatic heterocycles. The number of thioether (sulfide) groups is 1. The molecule has 41 heavy (non-hydrogen) atoms. The zero-order valence-electron chi connectivity index (χ0n) is 23.0. The molecule has 4 aromatic rings. The van der Waals surface area contributed by atoms with Gasteiger partial charge in [-0.05, 0) is 48.4 Å². The van der Waals surface area contributed by atoms with Crippen LogP contribution in [0.15, 0.2) is 76.7 Å². The second kappa shape index (κ2) is 12.2. The number of anilines is 1. The van der Waals surface area contributed by atoms with Crippen molar-refractivity contribution in [2.24, 2.45) is 0 Å². The van der Waals surface area contributed by atoms with Crippen molar-refractivity contribution < 1.29 is 19.0 Å². The van der Waals surface area contributed by atoms with Crippen LogP contribution in [0.5, 0.6) is 11.5 Å². The molecule has 9 nitrogen and oxygen atoms in total. The number of amides is 1. The van der Waals surface area contributed by atoms with Gasteiger partial charge in [0.25, 0.3) is 5.56 Å². The van der Waals surface area contributed by atoms with Gasteiger partial charge >= 0.3 is 0 Å². The number of hydrogen-bond donors (Lipinski definition) is 0. The lowest BCUT2D eigenvalue weighted by atomic mass is 10.1. The number of aromatic nitrogens is 2. The summed E-state index contributed by atoms with van der Waals surface area (Å²) in [4.78, 5) is 36.2. The highest BCUT2D eigenvalue weighted by atomic mass is 32.2. The number of rotatable bonds is 9. The van der Waals surface area contributed by atoms with E-state index in [1.54, 1.807) is 4.57 Å². The second-order valence-electron chi connectivity index (χ2n) is 9.96. The van der Waals surface area contributed by atoms with Crippen molar-refractivity contribution in [3.05, 3.63) is 88.2 Å². The molecule has 0 saturated carbocycles. The Kier molecular flexibility index (Phi) is 8.11. The van der Waals surface area contributed by atoms with E-state index in [-0.39, 0.29) is 30.6 Å². The van der Waals surface area contributed by atoms with Gasteiger partial charge in [0.2, 0.25) is 12.7 Å². The average molecular weight is 573 g/mol. The molecule has 212 valence electrons. The fourth-order valence-electron chi connectivity index (χ4n) is 5.08. The molecule has 0 bridgehead atoms. The summed E-state index contributed by atoms with van der Waals surface area (Å²) in [7, 11) is 0. The van der Waals surface area contributed by atoms with Gasteiger partial charge in [0.05, 0.1) is 36.4 Å². The highest BCUT2D eigenvalue weighted by Gasteiger charge is 2.20. The lowest BCUT2D eigenvalue weighted by Crippen LogP contribution is -2.36. The number of morpholine rings is 1. The summed E-state index contributed by atoms with van der Waals surface area (Å²) in [6.07, 6.45) is 0. The van der Waals surface area contributed by atoms with Crippen molar-refractivity contribution in [3.8, 4) is 11.5 Å². The van der Waals surface area contributed by atoms with Gasteiger partial charge in [0.15, 0.2) is 16.7 Å². The van der Waals surface area contributed by atoms with E-state index >= 15 is 0 Å². The SMILES string of the molecule is CCN(Cc1ccccc1)C(=O)CSc1nc2ccc(N3CCOCC3)cc2c(=O)n1Cc1ccc2c(c1)OCO2. The molecule has 0 aliphatic carbocycles. The van der Waals surface area contributed by atoms with E-state index in [1.165, 1.54) is 11.8 Å². The van der Waals surface area contributed by atoms with E-state index in [2.05, 4.69) is 4.90 Å². The average Bonchev–Trinajstić information content (AvgIpc) is 3.49. The molecule has 2 aliphatic rings. The summed E-state index contributed by atoms with van der Waals surface area (Å²) >= 11 is 1.29. The molecule has 0 unspecified atom stereocenters. The number of benzene rings is 3. The summed E-state index contributed by atoms with van der Waals surface area (Å²) in [6, 6.07) is 21.4. The third-order valence-electron chi connectivity index (χ3n) is 7.33. The van der Waals surface area contributed by atoms with Crippen molar-refractivity contribution in [1.82, 2.24) is 14.5 Å². The lowest BCUT2D eigenvalue weighted by Gasteiger charge is -2.29. The Hall–Kier alpha value is -4.02. The summed E-state index contributed by atoms with van der Waals surface area (Å²) < 4.78 is 18.2. The van der Waals surface area contributed by atoms with Gasteiger partial charge in [0, 0.05) is 31.9 Å². The standard InChI is InChI=1S/C31H32N4O5S/c1-2-33(18-22-6-4-3-5-7-22)29(36)20-41-31-32-26-10-9-24(34-12-14-38-15-13-34)17-25(26)30(37)35(31)19-23-8-11-27-28(16-23)40-21-39-27/h3-11,16-17H,2,12-15,18-21H2,1H3. The minimum absolute atomic E-state index is 0.00649. The van der Waals surface area contributed by atoms with Crippen LogP contribution in [0.2, 0.25) is 0 Å². The van der Waals surface area contributed by atoms with Crippen molar-refractivity contribution in [2.45, 2.75) is 25.2 Å². The quantitative estimate of drug-likeness (QED) is 0.219. The monoisotopic (exact) mass is 572 g/mol. The summed E-state index contributed by atoms with van der Waals surface area (Å²) in [5.74, 6) is 1.51. The molecule has 1 amide bonds.